The summed E-state index contributed by atoms with van der Waals surface area (Å²) in [5.41, 5.74) is -1.06. The van der Waals surface area contributed by atoms with E-state index in [0.717, 1.165) is 19.4 Å². The summed E-state index contributed by atoms with van der Waals surface area (Å²) in [7, 11) is 3.97. The number of hydrogen-bond donors (Lipinski definition) is 2. The summed E-state index contributed by atoms with van der Waals surface area (Å²) in [4.78, 5) is 27.0. The van der Waals surface area contributed by atoms with E-state index in [1.54, 1.807) is 6.92 Å². The van der Waals surface area contributed by atoms with Gasteiger partial charge in [-0.2, -0.15) is 0 Å². The van der Waals surface area contributed by atoms with E-state index in [0.29, 0.717) is 13.0 Å². The van der Waals surface area contributed by atoms with Gasteiger partial charge in [0.25, 0.3) is 0 Å². The number of nitrogens with one attached hydrogen (secondary N) is 1. The second-order valence-corrected chi connectivity index (χ2v) is 5.78. The molecular formula is C13H25N3O3. The van der Waals surface area contributed by atoms with Crippen molar-refractivity contribution in [2.45, 2.75) is 44.7 Å². The van der Waals surface area contributed by atoms with Gasteiger partial charge in [-0.25, -0.2) is 9.59 Å². The number of carbonyl (C=O) groups excluding carboxylic acids is 1. The third-order valence-electron chi connectivity index (χ3n) is 3.73. The number of carboxylic acids is 1. The van der Waals surface area contributed by atoms with Crippen LogP contribution in [0.1, 0.15) is 33.1 Å². The third kappa shape index (κ3) is 3.83. The number of nitrogens with zero attached hydrogens (tertiary/aromatic N) is 2. The topological polar surface area (TPSA) is 72.9 Å². The van der Waals surface area contributed by atoms with Gasteiger partial charge in [0.1, 0.15) is 5.54 Å². The van der Waals surface area contributed by atoms with Crippen LogP contribution < -0.4 is 5.32 Å². The predicted molar refractivity (Wildman–Crippen MR) is 73.1 cm³/mol. The zero-order valence-corrected chi connectivity index (χ0v) is 12.3. The van der Waals surface area contributed by atoms with E-state index >= 15 is 0 Å². The predicted octanol–water partition coefficient (Wildman–Crippen LogP) is 0.975. The molecule has 2 amide bonds. The van der Waals surface area contributed by atoms with Gasteiger partial charge in [-0.15, -0.1) is 0 Å². The van der Waals surface area contributed by atoms with Crippen molar-refractivity contribution in [3.8, 4) is 0 Å². The summed E-state index contributed by atoms with van der Waals surface area (Å²) >= 11 is 0. The smallest absolute Gasteiger partial charge is 0.329 e. The molecule has 0 spiro atoms. The van der Waals surface area contributed by atoms with Gasteiger partial charge in [0, 0.05) is 12.6 Å². The molecule has 0 radical (unpaired) electrons. The lowest BCUT2D eigenvalue weighted by Gasteiger charge is -2.32. The normalized spacial score (nSPS) is 24.6. The van der Waals surface area contributed by atoms with E-state index in [-0.39, 0.29) is 12.1 Å². The SMILES string of the molecule is CC(CCN(C)C)NC(=O)N1CCCC1(C)C(=O)O. The molecule has 2 atom stereocenters. The Morgan fingerprint density at radius 2 is 2.11 bits per heavy atom. The Kier molecular flexibility index (Phi) is 5.17. The number of urea groups is 1. The largest absolute Gasteiger partial charge is 0.480 e. The number of likely N-dealkylation sites (tertiary alicyclic amines) is 1. The van der Waals surface area contributed by atoms with Crippen molar-refractivity contribution in [1.82, 2.24) is 15.1 Å². The minimum Gasteiger partial charge on any atom is -0.480 e. The summed E-state index contributed by atoms with van der Waals surface area (Å²) < 4.78 is 0. The fraction of sp³-hybridized carbons (Fsp3) is 0.846. The van der Waals surface area contributed by atoms with Gasteiger partial charge in [-0.05, 0) is 53.8 Å². The Bertz CT molecular complexity index is 346. The molecule has 1 saturated heterocycles. The monoisotopic (exact) mass is 271 g/mol. The van der Waals surface area contributed by atoms with E-state index in [2.05, 4.69) is 10.2 Å². The van der Waals surface area contributed by atoms with Crippen molar-refractivity contribution in [2.75, 3.05) is 27.2 Å². The van der Waals surface area contributed by atoms with Crippen LogP contribution in [0.4, 0.5) is 4.79 Å². The average molecular weight is 271 g/mol. The lowest BCUT2D eigenvalue weighted by atomic mass is 10.00. The van der Waals surface area contributed by atoms with Crippen LogP contribution in [0.25, 0.3) is 0 Å². The number of rotatable bonds is 5. The molecule has 110 valence electrons. The molecule has 1 aliphatic heterocycles. The van der Waals surface area contributed by atoms with Crippen LogP contribution in [-0.4, -0.2) is 65.7 Å². The maximum atomic E-state index is 12.2. The lowest BCUT2D eigenvalue weighted by molar-refractivity contribution is -0.147. The molecule has 2 unspecified atom stereocenters. The second kappa shape index (κ2) is 6.23. The molecule has 6 nitrogen and oxygen atoms in total. The third-order valence-corrected chi connectivity index (χ3v) is 3.73. The number of hydrogen-bond acceptors (Lipinski definition) is 3. The molecule has 19 heavy (non-hydrogen) atoms. The van der Waals surface area contributed by atoms with Crippen LogP contribution in [0.5, 0.6) is 0 Å². The van der Waals surface area contributed by atoms with Crippen LogP contribution >= 0.6 is 0 Å². The Morgan fingerprint density at radius 1 is 1.47 bits per heavy atom. The Balaban J connectivity index is 2.55. The Labute approximate surface area is 114 Å². The number of carbonyl (C=O) groups is 2. The fourth-order valence-corrected chi connectivity index (χ4v) is 2.32. The average Bonchev–Trinajstić information content (AvgIpc) is 2.70. The highest BCUT2D eigenvalue weighted by atomic mass is 16.4. The molecule has 0 aromatic heterocycles. The van der Waals surface area contributed by atoms with Gasteiger partial charge in [0.05, 0.1) is 0 Å². The number of amides is 2. The second-order valence-electron chi connectivity index (χ2n) is 5.78. The van der Waals surface area contributed by atoms with Crippen LogP contribution in [0.2, 0.25) is 0 Å². The van der Waals surface area contributed by atoms with Crippen LogP contribution in [-0.2, 0) is 4.79 Å². The van der Waals surface area contributed by atoms with E-state index in [1.807, 2.05) is 21.0 Å². The summed E-state index contributed by atoms with van der Waals surface area (Å²) in [6, 6.07) is -0.234. The Morgan fingerprint density at radius 3 is 2.63 bits per heavy atom. The Hall–Kier alpha value is -1.30. The molecule has 1 heterocycles. The van der Waals surface area contributed by atoms with Gasteiger partial charge < -0.3 is 20.2 Å². The highest BCUT2D eigenvalue weighted by Gasteiger charge is 2.46. The van der Waals surface area contributed by atoms with Crippen molar-refractivity contribution in [1.29, 1.82) is 0 Å². The molecule has 1 aliphatic rings. The van der Waals surface area contributed by atoms with Crippen molar-refractivity contribution in [3.63, 3.8) is 0 Å². The van der Waals surface area contributed by atoms with Gasteiger partial charge in [-0.3, -0.25) is 0 Å². The van der Waals surface area contributed by atoms with Crippen molar-refractivity contribution >= 4 is 12.0 Å². The first-order valence-corrected chi connectivity index (χ1v) is 6.73. The van der Waals surface area contributed by atoms with E-state index < -0.39 is 11.5 Å². The molecule has 0 bridgehead atoms. The fourth-order valence-electron chi connectivity index (χ4n) is 2.32. The minimum absolute atomic E-state index is 0.0357. The van der Waals surface area contributed by atoms with Crippen LogP contribution in [0.15, 0.2) is 0 Å². The first kappa shape index (κ1) is 15.8. The summed E-state index contributed by atoms with van der Waals surface area (Å²) in [5.74, 6) is -0.930. The van der Waals surface area contributed by atoms with E-state index in [1.165, 1.54) is 4.90 Å². The summed E-state index contributed by atoms with van der Waals surface area (Å²) in [6.07, 6.45) is 2.10. The molecule has 1 fully saturated rings. The van der Waals surface area contributed by atoms with Gasteiger partial charge in [-0.1, -0.05) is 0 Å². The number of carboxylic acid groups (broad SMARTS) is 1. The zero-order chi connectivity index (χ0) is 14.6. The molecule has 0 aromatic carbocycles. The molecular weight excluding hydrogens is 246 g/mol. The quantitative estimate of drug-likeness (QED) is 0.781. The number of aliphatic carboxylic acids is 1. The van der Waals surface area contributed by atoms with Crippen LogP contribution in [0, 0.1) is 0 Å². The zero-order valence-electron chi connectivity index (χ0n) is 12.3. The lowest BCUT2D eigenvalue weighted by Crippen LogP contribution is -2.55. The van der Waals surface area contributed by atoms with E-state index in [9.17, 15) is 14.7 Å². The maximum Gasteiger partial charge on any atom is 0.329 e. The van der Waals surface area contributed by atoms with Crippen LogP contribution in [0.3, 0.4) is 0 Å². The maximum absolute atomic E-state index is 12.2. The molecule has 0 aromatic rings. The van der Waals surface area contributed by atoms with Crippen molar-refractivity contribution in [2.24, 2.45) is 0 Å². The molecule has 6 heteroatoms. The van der Waals surface area contributed by atoms with E-state index in [4.69, 9.17) is 0 Å². The summed E-state index contributed by atoms with van der Waals surface area (Å²) in [5, 5.41) is 12.2. The molecule has 0 aliphatic carbocycles. The standard InChI is InChI=1S/C13H25N3O3/c1-10(6-9-15(3)4)14-12(19)16-8-5-7-13(16,2)11(17)18/h10H,5-9H2,1-4H3,(H,14,19)(H,17,18). The van der Waals surface area contributed by atoms with Crippen molar-refractivity contribution in [3.05, 3.63) is 0 Å². The minimum atomic E-state index is -1.06. The van der Waals surface area contributed by atoms with Gasteiger partial charge in [0.15, 0.2) is 0 Å². The first-order chi connectivity index (χ1) is 8.77. The molecule has 0 saturated carbocycles. The highest BCUT2D eigenvalue weighted by molar-refractivity contribution is 5.86. The highest BCUT2D eigenvalue weighted by Crippen LogP contribution is 2.29. The first-order valence-electron chi connectivity index (χ1n) is 6.73. The van der Waals surface area contributed by atoms with Gasteiger partial charge >= 0.3 is 12.0 Å². The molecule has 1 rings (SSSR count). The van der Waals surface area contributed by atoms with Crippen molar-refractivity contribution < 1.29 is 14.7 Å². The summed E-state index contributed by atoms with van der Waals surface area (Å²) in [6.45, 7) is 4.95. The van der Waals surface area contributed by atoms with Gasteiger partial charge in [0.2, 0.25) is 0 Å². The molecule has 2 N–H and O–H groups in total.